The van der Waals surface area contributed by atoms with Gasteiger partial charge in [-0.25, -0.2) is 0 Å². The molecule has 5 fully saturated rings. The van der Waals surface area contributed by atoms with Crippen molar-refractivity contribution < 1.29 is 9.84 Å². The number of rotatable bonds is 0. The largest absolute Gasteiger partial charge is 0.393 e. The number of ether oxygens (including phenoxy) is 1. The normalized spacial score (nSPS) is 62.7. The minimum Gasteiger partial charge on any atom is -0.393 e. The number of aliphatic hydroxyl groups is 1. The summed E-state index contributed by atoms with van der Waals surface area (Å²) in [7, 11) is 0. The lowest BCUT2D eigenvalue weighted by molar-refractivity contribution is -0.249. The summed E-state index contributed by atoms with van der Waals surface area (Å²) in [5, 5.41) is 10.7. The number of hydrogen-bond acceptors (Lipinski definition) is 3. The molecule has 4 bridgehead atoms. The first-order chi connectivity index (χ1) is 9.26. The monoisotopic (exact) mass is 263 g/mol. The highest BCUT2D eigenvalue weighted by atomic mass is 16.5. The van der Waals surface area contributed by atoms with Crippen LogP contribution >= 0.6 is 0 Å². The number of piperidine rings is 1. The van der Waals surface area contributed by atoms with E-state index in [0.717, 1.165) is 24.9 Å². The molecule has 5 aliphatic rings. The van der Waals surface area contributed by atoms with Gasteiger partial charge in [-0.15, -0.1) is 0 Å². The summed E-state index contributed by atoms with van der Waals surface area (Å²) in [6, 6.07) is 0. The molecule has 2 aliphatic carbocycles. The van der Waals surface area contributed by atoms with Crippen LogP contribution in [0.1, 0.15) is 44.9 Å². The van der Waals surface area contributed by atoms with Gasteiger partial charge in [0.15, 0.2) is 0 Å². The molecule has 0 aromatic carbocycles. The molecule has 0 amide bonds. The van der Waals surface area contributed by atoms with Gasteiger partial charge in [0.05, 0.1) is 12.7 Å². The average Bonchev–Trinajstić information content (AvgIpc) is 2.86. The highest BCUT2D eigenvalue weighted by molar-refractivity contribution is 5.19. The summed E-state index contributed by atoms with van der Waals surface area (Å²) >= 11 is 0. The Labute approximate surface area is 115 Å². The lowest BCUT2D eigenvalue weighted by Crippen LogP contribution is -2.66. The third-order valence-electron chi connectivity index (χ3n) is 7.32. The van der Waals surface area contributed by atoms with E-state index in [2.05, 4.69) is 4.90 Å². The molecule has 3 heteroatoms. The van der Waals surface area contributed by atoms with Crippen molar-refractivity contribution in [3.05, 3.63) is 0 Å². The minimum absolute atomic E-state index is 0.0253. The van der Waals surface area contributed by atoms with Crippen molar-refractivity contribution in [2.75, 3.05) is 19.7 Å². The number of fused-ring (bicyclic) bond motifs is 1. The summed E-state index contributed by atoms with van der Waals surface area (Å²) in [5.41, 5.74) is 0.325. The molecule has 106 valence electrons. The van der Waals surface area contributed by atoms with E-state index in [1.807, 2.05) is 0 Å². The molecule has 0 radical (unpaired) electrons. The number of aliphatic hydroxyl groups excluding tert-OH is 1. The highest BCUT2D eigenvalue weighted by Crippen LogP contribution is 2.70. The summed E-state index contributed by atoms with van der Waals surface area (Å²) in [4.78, 5) is 2.70. The molecular weight excluding hydrogens is 238 g/mol. The predicted molar refractivity (Wildman–Crippen MR) is 71.5 cm³/mol. The zero-order chi connectivity index (χ0) is 12.7. The van der Waals surface area contributed by atoms with Crippen molar-refractivity contribution in [1.29, 1.82) is 0 Å². The second kappa shape index (κ2) is 3.55. The zero-order valence-corrected chi connectivity index (χ0v) is 11.7. The van der Waals surface area contributed by atoms with Crippen LogP contribution in [0.5, 0.6) is 0 Å². The standard InChI is InChI=1S/C16H25NO2/c18-14-8-12-7-11-9-16(19-10-11)15(12)4-2-6-17(16)5-1-3-13(14)15/h11-14,18H,1-10H2. The van der Waals surface area contributed by atoms with E-state index in [1.165, 1.54) is 51.6 Å². The van der Waals surface area contributed by atoms with Gasteiger partial charge in [0.25, 0.3) is 0 Å². The van der Waals surface area contributed by atoms with Crippen LogP contribution in [0.2, 0.25) is 0 Å². The van der Waals surface area contributed by atoms with Crippen molar-refractivity contribution in [2.45, 2.75) is 56.8 Å². The maximum Gasteiger partial charge on any atom is 0.128 e. The molecule has 7 unspecified atom stereocenters. The molecule has 19 heavy (non-hydrogen) atoms. The van der Waals surface area contributed by atoms with Crippen molar-refractivity contribution in [3.63, 3.8) is 0 Å². The van der Waals surface area contributed by atoms with E-state index >= 15 is 0 Å². The molecule has 0 aromatic rings. The summed E-state index contributed by atoms with van der Waals surface area (Å²) in [6.07, 6.45) is 8.69. The van der Waals surface area contributed by atoms with E-state index in [-0.39, 0.29) is 11.8 Å². The van der Waals surface area contributed by atoms with Gasteiger partial charge < -0.3 is 9.84 Å². The van der Waals surface area contributed by atoms with Crippen molar-refractivity contribution in [3.8, 4) is 0 Å². The maximum atomic E-state index is 10.7. The lowest BCUT2D eigenvalue weighted by atomic mass is 9.54. The Balaban J connectivity index is 1.73. The lowest BCUT2D eigenvalue weighted by Gasteiger charge is -2.60. The van der Waals surface area contributed by atoms with Crippen LogP contribution < -0.4 is 0 Å². The smallest absolute Gasteiger partial charge is 0.128 e. The first-order valence-corrected chi connectivity index (χ1v) is 8.33. The van der Waals surface area contributed by atoms with Crippen LogP contribution in [-0.4, -0.2) is 41.5 Å². The molecule has 2 saturated carbocycles. The van der Waals surface area contributed by atoms with Crippen molar-refractivity contribution in [2.24, 2.45) is 23.2 Å². The van der Waals surface area contributed by atoms with Crippen LogP contribution in [-0.2, 0) is 4.74 Å². The molecule has 3 heterocycles. The van der Waals surface area contributed by atoms with Crippen LogP contribution in [0, 0.1) is 23.2 Å². The fourth-order valence-electron chi connectivity index (χ4n) is 6.96. The maximum absolute atomic E-state index is 10.7. The Morgan fingerprint density at radius 2 is 2.05 bits per heavy atom. The second-order valence-corrected chi connectivity index (χ2v) is 7.78. The molecule has 2 spiro atoms. The van der Waals surface area contributed by atoms with Crippen LogP contribution in [0.15, 0.2) is 0 Å². The van der Waals surface area contributed by atoms with E-state index < -0.39 is 0 Å². The second-order valence-electron chi connectivity index (χ2n) is 7.78. The van der Waals surface area contributed by atoms with Gasteiger partial charge in [0, 0.05) is 18.5 Å². The highest BCUT2D eigenvalue weighted by Gasteiger charge is 2.73. The first kappa shape index (κ1) is 11.5. The summed E-state index contributed by atoms with van der Waals surface area (Å²) < 4.78 is 6.55. The molecule has 5 rings (SSSR count). The topological polar surface area (TPSA) is 32.7 Å². The van der Waals surface area contributed by atoms with E-state index in [4.69, 9.17) is 4.74 Å². The predicted octanol–water partition coefficient (Wildman–Crippen LogP) is 2.00. The van der Waals surface area contributed by atoms with Gasteiger partial charge in [-0.05, 0) is 62.7 Å². The summed E-state index contributed by atoms with van der Waals surface area (Å²) in [5.74, 6) is 2.01. The summed E-state index contributed by atoms with van der Waals surface area (Å²) in [6.45, 7) is 3.41. The number of hydrogen-bond donors (Lipinski definition) is 1. The Morgan fingerprint density at radius 1 is 1.16 bits per heavy atom. The van der Waals surface area contributed by atoms with Gasteiger partial charge in [-0.2, -0.15) is 0 Å². The fraction of sp³-hybridized carbons (Fsp3) is 1.00. The Morgan fingerprint density at radius 3 is 3.00 bits per heavy atom. The third-order valence-corrected chi connectivity index (χ3v) is 7.32. The van der Waals surface area contributed by atoms with Crippen LogP contribution in [0.4, 0.5) is 0 Å². The van der Waals surface area contributed by atoms with Crippen molar-refractivity contribution in [1.82, 2.24) is 4.90 Å². The van der Waals surface area contributed by atoms with Gasteiger partial charge in [0.1, 0.15) is 5.72 Å². The van der Waals surface area contributed by atoms with Gasteiger partial charge in [-0.3, -0.25) is 4.90 Å². The Bertz CT molecular complexity index is 414. The van der Waals surface area contributed by atoms with Gasteiger partial charge in [0.2, 0.25) is 0 Å². The molecule has 3 aliphatic heterocycles. The van der Waals surface area contributed by atoms with Gasteiger partial charge in [-0.1, -0.05) is 0 Å². The Hall–Kier alpha value is -0.120. The molecule has 0 aromatic heterocycles. The van der Waals surface area contributed by atoms with E-state index in [1.54, 1.807) is 0 Å². The number of nitrogens with zero attached hydrogens (tertiary/aromatic N) is 1. The van der Waals surface area contributed by atoms with E-state index in [0.29, 0.717) is 11.3 Å². The van der Waals surface area contributed by atoms with Crippen LogP contribution in [0.25, 0.3) is 0 Å². The molecular formula is C16H25NO2. The van der Waals surface area contributed by atoms with Crippen LogP contribution in [0.3, 0.4) is 0 Å². The quantitative estimate of drug-likeness (QED) is 0.725. The average molecular weight is 263 g/mol. The molecule has 1 N–H and O–H groups in total. The van der Waals surface area contributed by atoms with Gasteiger partial charge >= 0.3 is 0 Å². The third kappa shape index (κ3) is 1.14. The zero-order valence-electron chi connectivity index (χ0n) is 11.7. The SMILES string of the molecule is OC1CC2CC3COC4(C3)N3CCCC1C24CCC3. The first-order valence-electron chi connectivity index (χ1n) is 8.33. The fourth-order valence-corrected chi connectivity index (χ4v) is 6.96. The molecule has 3 nitrogen and oxygen atoms in total. The molecule has 3 saturated heterocycles. The minimum atomic E-state index is -0.0529. The Kier molecular flexibility index (Phi) is 2.15. The van der Waals surface area contributed by atoms with E-state index in [9.17, 15) is 5.11 Å². The molecule has 7 atom stereocenters. The van der Waals surface area contributed by atoms with Crippen molar-refractivity contribution >= 4 is 0 Å².